The van der Waals surface area contributed by atoms with Crippen molar-refractivity contribution in [3.05, 3.63) is 0 Å². The number of hydrogen-bond donors (Lipinski definition) is 1. The van der Waals surface area contributed by atoms with Gasteiger partial charge in [0.2, 0.25) is 0 Å². The first-order chi connectivity index (χ1) is 8.99. The number of nitrogens with zero attached hydrogens (tertiary/aromatic N) is 1. The van der Waals surface area contributed by atoms with Crippen molar-refractivity contribution in [1.29, 1.82) is 0 Å². The zero-order valence-corrected chi connectivity index (χ0v) is 12.5. The number of hydrogen-bond acceptors (Lipinski definition) is 4. The second-order valence-corrected chi connectivity index (χ2v) is 7.07. The Bertz CT molecular complexity index is 383. The maximum Gasteiger partial charge on any atom is 0.279 e. The van der Waals surface area contributed by atoms with Gasteiger partial charge in [-0.05, 0) is 19.3 Å². The van der Waals surface area contributed by atoms with E-state index < -0.39 is 16.0 Å². The Labute approximate surface area is 115 Å². The molecule has 1 saturated carbocycles. The molecule has 0 aromatic rings. The van der Waals surface area contributed by atoms with E-state index in [4.69, 9.17) is 9.47 Å². The third kappa shape index (κ3) is 3.46. The fraction of sp³-hybridized carbons (Fsp3) is 1.00. The molecule has 1 heterocycles. The molecule has 1 aliphatic heterocycles. The van der Waals surface area contributed by atoms with Crippen molar-refractivity contribution in [1.82, 2.24) is 9.03 Å². The molecule has 0 amide bonds. The first-order valence-corrected chi connectivity index (χ1v) is 8.44. The van der Waals surface area contributed by atoms with E-state index in [0.717, 1.165) is 32.1 Å². The van der Waals surface area contributed by atoms with E-state index in [1.165, 1.54) is 4.31 Å². The fourth-order valence-electron chi connectivity index (χ4n) is 2.72. The molecule has 2 aliphatic rings. The minimum Gasteiger partial charge on any atom is -0.348 e. The second-order valence-electron chi connectivity index (χ2n) is 5.25. The van der Waals surface area contributed by atoms with Gasteiger partial charge in [0, 0.05) is 32.5 Å². The van der Waals surface area contributed by atoms with Crippen molar-refractivity contribution < 1.29 is 17.9 Å². The summed E-state index contributed by atoms with van der Waals surface area (Å²) in [6, 6.07) is 0.0350. The topological polar surface area (TPSA) is 67.9 Å². The maximum absolute atomic E-state index is 12.1. The van der Waals surface area contributed by atoms with Crippen LogP contribution in [0.1, 0.15) is 39.0 Å². The highest BCUT2D eigenvalue weighted by Crippen LogP contribution is 2.37. The Morgan fingerprint density at radius 2 is 1.84 bits per heavy atom. The maximum atomic E-state index is 12.1. The fourth-order valence-corrected chi connectivity index (χ4v) is 3.99. The Balaban J connectivity index is 1.90. The Kier molecular flexibility index (Phi) is 4.84. The summed E-state index contributed by atoms with van der Waals surface area (Å²) in [4.78, 5) is 0. The molecule has 1 spiro atoms. The van der Waals surface area contributed by atoms with Crippen molar-refractivity contribution in [2.24, 2.45) is 0 Å². The summed E-state index contributed by atoms with van der Waals surface area (Å²) in [5, 5.41) is 0. The number of ether oxygens (including phenoxy) is 2. The SMILES string of the molecule is CCCNS(=O)(=O)N(C)C1CCC2(CC1)OCCO2. The molecule has 2 rings (SSSR count). The number of rotatable bonds is 5. The van der Waals surface area contributed by atoms with Gasteiger partial charge in [0.1, 0.15) is 0 Å². The van der Waals surface area contributed by atoms with E-state index in [9.17, 15) is 8.42 Å². The zero-order valence-electron chi connectivity index (χ0n) is 11.7. The third-order valence-electron chi connectivity index (χ3n) is 3.96. The second kappa shape index (κ2) is 6.05. The normalized spacial score (nSPS) is 24.4. The van der Waals surface area contributed by atoms with Gasteiger partial charge in [0.15, 0.2) is 5.79 Å². The van der Waals surface area contributed by atoms with Crippen molar-refractivity contribution in [2.45, 2.75) is 50.9 Å². The zero-order chi connectivity index (χ0) is 13.9. The van der Waals surface area contributed by atoms with Gasteiger partial charge in [0.05, 0.1) is 13.2 Å². The molecule has 0 unspecified atom stereocenters. The molecule has 0 radical (unpaired) electrons. The van der Waals surface area contributed by atoms with Gasteiger partial charge in [-0.15, -0.1) is 0 Å². The molecule has 2 fully saturated rings. The quantitative estimate of drug-likeness (QED) is 0.815. The van der Waals surface area contributed by atoms with Crippen molar-refractivity contribution in [3.8, 4) is 0 Å². The van der Waals surface area contributed by atoms with Crippen molar-refractivity contribution in [3.63, 3.8) is 0 Å². The van der Waals surface area contributed by atoms with Crippen LogP contribution < -0.4 is 4.72 Å². The monoisotopic (exact) mass is 292 g/mol. The lowest BCUT2D eigenvalue weighted by molar-refractivity contribution is -0.181. The Morgan fingerprint density at radius 3 is 2.37 bits per heavy atom. The minimum atomic E-state index is -3.36. The predicted octanol–water partition coefficient (Wildman–Crippen LogP) is 0.848. The highest BCUT2D eigenvalue weighted by Gasteiger charge is 2.42. The molecule has 0 aromatic heterocycles. The molecule has 1 aliphatic carbocycles. The largest absolute Gasteiger partial charge is 0.348 e. The summed E-state index contributed by atoms with van der Waals surface area (Å²) in [7, 11) is -1.71. The lowest BCUT2D eigenvalue weighted by Crippen LogP contribution is -2.48. The van der Waals surface area contributed by atoms with Crippen LogP contribution in [-0.4, -0.2) is 51.4 Å². The lowest BCUT2D eigenvalue weighted by Gasteiger charge is -2.38. The van der Waals surface area contributed by atoms with Crippen molar-refractivity contribution >= 4 is 10.2 Å². The third-order valence-corrected chi connectivity index (χ3v) is 5.58. The highest BCUT2D eigenvalue weighted by molar-refractivity contribution is 7.87. The Hall–Kier alpha value is -0.210. The van der Waals surface area contributed by atoms with Gasteiger partial charge in [-0.25, -0.2) is 4.72 Å². The molecule has 112 valence electrons. The first kappa shape index (κ1) is 15.2. The van der Waals surface area contributed by atoms with Crippen LogP contribution in [0.5, 0.6) is 0 Å². The predicted molar refractivity (Wildman–Crippen MR) is 71.9 cm³/mol. The molecule has 0 atom stereocenters. The van der Waals surface area contributed by atoms with Crippen LogP contribution in [0.15, 0.2) is 0 Å². The molecule has 0 bridgehead atoms. The number of nitrogens with one attached hydrogen (secondary N) is 1. The summed E-state index contributed by atoms with van der Waals surface area (Å²) < 4.78 is 39.5. The molecule has 6 nitrogen and oxygen atoms in total. The van der Waals surface area contributed by atoms with Gasteiger partial charge in [-0.3, -0.25) is 0 Å². The van der Waals surface area contributed by atoms with Gasteiger partial charge >= 0.3 is 0 Å². The van der Waals surface area contributed by atoms with Gasteiger partial charge in [0.25, 0.3) is 10.2 Å². The van der Waals surface area contributed by atoms with Crippen LogP contribution >= 0.6 is 0 Å². The van der Waals surface area contributed by atoms with Crippen LogP contribution in [0.25, 0.3) is 0 Å². The average Bonchev–Trinajstić information content (AvgIpc) is 2.85. The van der Waals surface area contributed by atoms with Gasteiger partial charge < -0.3 is 9.47 Å². The van der Waals surface area contributed by atoms with Crippen LogP contribution in [0.4, 0.5) is 0 Å². The summed E-state index contributed by atoms with van der Waals surface area (Å²) in [5.74, 6) is -0.433. The molecular formula is C12H24N2O4S. The molecule has 19 heavy (non-hydrogen) atoms. The van der Waals surface area contributed by atoms with Crippen LogP contribution in [0, 0.1) is 0 Å². The van der Waals surface area contributed by atoms with Gasteiger partial charge in [-0.2, -0.15) is 12.7 Å². The summed E-state index contributed by atoms with van der Waals surface area (Å²) in [5.41, 5.74) is 0. The molecular weight excluding hydrogens is 268 g/mol. The van der Waals surface area contributed by atoms with E-state index in [-0.39, 0.29) is 6.04 Å². The summed E-state index contributed by atoms with van der Waals surface area (Å²) >= 11 is 0. The van der Waals surface area contributed by atoms with Crippen LogP contribution in [-0.2, 0) is 19.7 Å². The molecule has 1 N–H and O–H groups in total. The van der Waals surface area contributed by atoms with E-state index in [2.05, 4.69) is 4.72 Å². The smallest absolute Gasteiger partial charge is 0.279 e. The standard InChI is InChI=1S/C12H24N2O4S/c1-3-8-13-19(15,16)14(2)11-4-6-12(7-5-11)17-9-10-18-12/h11,13H,3-10H2,1-2H3. The van der Waals surface area contributed by atoms with Crippen LogP contribution in [0.2, 0.25) is 0 Å². The molecule has 0 aromatic carbocycles. The van der Waals surface area contributed by atoms with E-state index in [1.807, 2.05) is 6.92 Å². The summed E-state index contributed by atoms with van der Waals surface area (Å²) in [6.45, 7) is 3.73. The minimum absolute atomic E-state index is 0.0350. The van der Waals surface area contributed by atoms with E-state index >= 15 is 0 Å². The Morgan fingerprint density at radius 1 is 1.26 bits per heavy atom. The lowest BCUT2D eigenvalue weighted by atomic mass is 9.90. The average molecular weight is 292 g/mol. The summed E-state index contributed by atoms with van der Waals surface area (Å²) in [6.07, 6.45) is 3.90. The highest BCUT2D eigenvalue weighted by atomic mass is 32.2. The molecule has 7 heteroatoms. The van der Waals surface area contributed by atoms with E-state index in [1.54, 1.807) is 7.05 Å². The first-order valence-electron chi connectivity index (χ1n) is 7.00. The van der Waals surface area contributed by atoms with Gasteiger partial charge in [-0.1, -0.05) is 6.92 Å². The van der Waals surface area contributed by atoms with Crippen LogP contribution in [0.3, 0.4) is 0 Å². The molecule has 1 saturated heterocycles. The van der Waals surface area contributed by atoms with Crippen molar-refractivity contribution in [2.75, 3.05) is 26.8 Å². The van der Waals surface area contributed by atoms with E-state index in [0.29, 0.717) is 19.8 Å².